The predicted octanol–water partition coefficient (Wildman–Crippen LogP) is 2.05. The van der Waals surface area contributed by atoms with Crippen LogP contribution in [0.2, 0.25) is 0 Å². The summed E-state index contributed by atoms with van der Waals surface area (Å²) in [4.78, 5) is 0.0274. The molecule has 0 unspecified atom stereocenters. The standard InChI is InChI=1S/C15H13F2NO5S/c16-12-3-1-10(7-13(12)17)21-6-5-18-24(19,20)11-2-4-14-15(8-11)23-9-22-14/h1-4,7-8,18H,5-6,9H2. The van der Waals surface area contributed by atoms with Gasteiger partial charge in [0.25, 0.3) is 0 Å². The number of halogens is 2. The van der Waals surface area contributed by atoms with Crippen LogP contribution in [0.3, 0.4) is 0 Å². The van der Waals surface area contributed by atoms with Crippen LogP contribution in [0.25, 0.3) is 0 Å². The summed E-state index contributed by atoms with van der Waals surface area (Å²) in [6.07, 6.45) is 0. The molecule has 0 aromatic heterocycles. The Morgan fingerprint density at radius 2 is 1.83 bits per heavy atom. The molecule has 3 rings (SSSR count). The zero-order valence-corrected chi connectivity index (χ0v) is 13.1. The topological polar surface area (TPSA) is 73.9 Å². The third kappa shape index (κ3) is 3.57. The molecule has 1 aliphatic heterocycles. The Morgan fingerprint density at radius 1 is 1.04 bits per heavy atom. The van der Waals surface area contributed by atoms with E-state index in [1.54, 1.807) is 0 Å². The Hall–Kier alpha value is -2.39. The highest BCUT2D eigenvalue weighted by Gasteiger charge is 2.19. The van der Waals surface area contributed by atoms with E-state index in [1.807, 2.05) is 0 Å². The molecule has 0 atom stereocenters. The number of benzene rings is 2. The lowest BCUT2D eigenvalue weighted by atomic mass is 10.3. The van der Waals surface area contributed by atoms with Crippen LogP contribution in [0.1, 0.15) is 0 Å². The van der Waals surface area contributed by atoms with Crippen LogP contribution in [-0.2, 0) is 10.0 Å². The quantitative estimate of drug-likeness (QED) is 0.801. The van der Waals surface area contributed by atoms with Crippen LogP contribution in [-0.4, -0.2) is 28.4 Å². The number of hydrogen-bond donors (Lipinski definition) is 1. The van der Waals surface area contributed by atoms with Crippen LogP contribution in [0.5, 0.6) is 17.2 Å². The van der Waals surface area contributed by atoms with Gasteiger partial charge < -0.3 is 14.2 Å². The minimum absolute atomic E-state index is 0.0274. The lowest BCUT2D eigenvalue weighted by Crippen LogP contribution is -2.28. The molecule has 1 aliphatic rings. The van der Waals surface area contributed by atoms with E-state index in [0.29, 0.717) is 11.5 Å². The summed E-state index contributed by atoms with van der Waals surface area (Å²) in [5, 5.41) is 0. The van der Waals surface area contributed by atoms with Crippen LogP contribution in [0.15, 0.2) is 41.3 Å². The van der Waals surface area contributed by atoms with Crippen molar-refractivity contribution in [3.63, 3.8) is 0 Å². The summed E-state index contributed by atoms with van der Waals surface area (Å²) in [6.45, 7) is -0.0427. The Labute approximate surface area is 137 Å². The molecule has 128 valence electrons. The first-order valence-electron chi connectivity index (χ1n) is 6.93. The fourth-order valence-corrected chi connectivity index (χ4v) is 3.07. The third-order valence-corrected chi connectivity index (χ3v) is 4.67. The van der Waals surface area contributed by atoms with Crippen molar-refractivity contribution in [3.05, 3.63) is 48.0 Å². The van der Waals surface area contributed by atoms with Crippen LogP contribution >= 0.6 is 0 Å². The highest BCUT2D eigenvalue weighted by molar-refractivity contribution is 7.89. The maximum absolute atomic E-state index is 13.0. The summed E-state index contributed by atoms with van der Waals surface area (Å²) in [5.74, 6) is -1.07. The van der Waals surface area contributed by atoms with E-state index < -0.39 is 21.7 Å². The molecule has 2 aromatic carbocycles. The molecule has 0 radical (unpaired) electrons. The zero-order chi connectivity index (χ0) is 17.2. The lowest BCUT2D eigenvalue weighted by molar-refractivity contribution is 0.174. The van der Waals surface area contributed by atoms with Gasteiger partial charge in [-0.05, 0) is 24.3 Å². The lowest BCUT2D eigenvalue weighted by Gasteiger charge is -2.09. The second-order valence-electron chi connectivity index (χ2n) is 4.84. The van der Waals surface area contributed by atoms with Crippen molar-refractivity contribution in [1.82, 2.24) is 4.72 Å². The molecule has 24 heavy (non-hydrogen) atoms. The zero-order valence-electron chi connectivity index (χ0n) is 12.3. The Morgan fingerprint density at radius 3 is 2.62 bits per heavy atom. The summed E-state index contributed by atoms with van der Waals surface area (Å²) >= 11 is 0. The molecule has 2 aromatic rings. The van der Waals surface area contributed by atoms with Gasteiger partial charge in [-0.2, -0.15) is 0 Å². The summed E-state index contributed by atoms with van der Waals surface area (Å²) in [6, 6.07) is 7.34. The van der Waals surface area contributed by atoms with E-state index in [-0.39, 0.29) is 30.6 Å². The first-order valence-corrected chi connectivity index (χ1v) is 8.41. The fraction of sp³-hybridized carbons (Fsp3) is 0.200. The monoisotopic (exact) mass is 357 g/mol. The van der Waals surface area contributed by atoms with Crippen LogP contribution in [0, 0.1) is 11.6 Å². The summed E-state index contributed by atoms with van der Waals surface area (Å²) in [7, 11) is -3.75. The van der Waals surface area contributed by atoms with Gasteiger partial charge in [-0.15, -0.1) is 0 Å². The predicted molar refractivity (Wildman–Crippen MR) is 79.6 cm³/mol. The van der Waals surface area contributed by atoms with E-state index >= 15 is 0 Å². The Balaban J connectivity index is 1.56. The largest absolute Gasteiger partial charge is 0.492 e. The highest BCUT2D eigenvalue weighted by atomic mass is 32.2. The smallest absolute Gasteiger partial charge is 0.240 e. The molecule has 0 amide bonds. The van der Waals surface area contributed by atoms with Gasteiger partial charge in [0.05, 0.1) is 4.90 Å². The molecular formula is C15H13F2NO5S. The molecule has 0 fully saturated rings. The van der Waals surface area contributed by atoms with E-state index in [9.17, 15) is 17.2 Å². The number of nitrogens with one attached hydrogen (secondary N) is 1. The van der Waals surface area contributed by atoms with Gasteiger partial charge in [-0.25, -0.2) is 21.9 Å². The number of fused-ring (bicyclic) bond motifs is 1. The third-order valence-electron chi connectivity index (χ3n) is 3.21. The van der Waals surface area contributed by atoms with Gasteiger partial charge in [-0.3, -0.25) is 0 Å². The maximum Gasteiger partial charge on any atom is 0.240 e. The molecule has 9 heteroatoms. The van der Waals surface area contributed by atoms with Crippen molar-refractivity contribution < 1.29 is 31.4 Å². The van der Waals surface area contributed by atoms with Crippen LogP contribution in [0.4, 0.5) is 8.78 Å². The molecule has 1 heterocycles. The molecule has 0 saturated carbocycles. The van der Waals surface area contributed by atoms with E-state index in [1.165, 1.54) is 24.3 Å². The number of ether oxygens (including phenoxy) is 3. The van der Waals surface area contributed by atoms with E-state index in [4.69, 9.17) is 14.2 Å². The van der Waals surface area contributed by atoms with Crippen LogP contribution < -0.4 is 18.9 Å². The molecule has 1 N–H and O–H groups in total. The molecule has 0 spiro atoms. The van der Waals surface area contributed by atoms with Gasteiger partial charge in [0, 0.05) is 18.7 Å². The minimum Gasteiger partial charge on any atom is -0.492 e. The Kier molecular flexibility index (Phi) is 4.54. The summed E-state index contributed by atoms with van der Waals surface area (Å²) < 4.78 is 67.9. The molecule has 0 bridgehead atoms. The summed E-state index contributed by atoms with van der Waals surface area (Å²) in [5.41, 5.74) is 0. The van der Waals surface area contributed by atoms with E-state index in [0.717, 1.165) is 12.1 Å². The minimum atomic E-state index is -3.75. The van der Waals surface area contributed by atoms with Gasteiger partial charge in [-0.1, -0.05) is 0 Å². The molecular weight excluding hydrogens is 344 g/mol. The van der Waals surface area contributed by atoms with Crippen molar-refractivity contribution in [3.8, 4) is 17.2 Å². The highest BCUT2D eigenvalue weighted by Crippen LogP contribution is 2.33. The van der Waals surface area contributed by atoms with Gasteiger partial charge in [0.1, 0.15) is 12.4 Å². The van der Waals surface area contributed by atoms with Crippen molar-refractivity contribution in [2.24, 2.45) is 0 Å². The Bertz CT molecular complexity index is 857. The van der Waals surface area contributed by atoms with Crippen molar-refractivity contribution in [2.75, 3.05) is 19.9 Å². The normalized spacial score (nSPS) is 13.1. The second-order valence-corrected chi connectivity index (χ2v) is 6.60. The van der Waals surface area contributed by atoms with Crippen molar-refractivity contribution in [1.29, 1.82) is 0 Å². The second kappa shape index (κ2) is 6.62. The molecule has 6 nitrogen and oxygen atoms in total. The molecule has 0 saturated heterocycles. The number of rotatable bonds is 6. The SMILES string of the molecule is O=S(=O)(NCCOc1ccc(F)c(F)c1)c1ccc2c(c1)OCO2. The average molecular weight is 357 g/mol. The van der Waals surface area contributed by atoms with Crippen molar-refractivity contribution >= 4 is 10.0 Å². The van der Waals surface area contributed by atoms with Gasteiger partial charge in [0.15, 0.2) is 23.1 Å². The average Bonchev–Trinajstić information content (AvgIpc) is 3.02. The first kappa shape index (κ1) is 16.5. The van der Waals surface area contributed by atoms with Crippen molar-refractivity contribution in [2.45, 2.75) is 4.90 Å². The molecule has 0 aliphatic carbocycles. The van der Waals surface area contributed by atoms with Gasteiger partial charge >= 0.3 is 0 Å². The van der Waals surface area contributed by atoms with E-state index in [2.05, 4.69) is 4.72 Å². The number of sulfonamides is 1. The fourth-order valence-electron chi connectivity index (χ4n) is 2.04. The first-order chi connectivity index (χ1) is 11.5. The van der Waals surface area contributed by atoms with Gasteiger partial charge in [0.2, 0.25) is 16.8 Å². The number of hydrogen-bond acceptors (Lipinski definition) is 5. The maximum atomic E-state index is 13.0.